The number of nitrogens with one attached hydrogen (secondary N) is 1. The van der Waals surface area contributed by atoms with Crippen molar-refractivity contribution in [3.8, 4) is 28.5 Å². The lowest BCUT2D eigenvalue weighted by Gasteiger charge is -2.32. The minimum Gasteiger partial charge on any atom is -0.459 e. The monoisotopic (exact) mass is 528 g/mol. The van der Waals surface area contributed by atoms with Gasteiger partial charge in [-0.15, -0.1) is 0 Å². The van der Waals surface area contributed by atoms with Crippen LogP contribution in [0.5, 0.6) is 6.01 Å². The summed E-state index contributed by atoms with van der Waals surface area (Å²) in [6.45, 7) is 2.36. The number of halogens is 1. The molecule has 3 atom stereocenters. The number of aromatic nitrogens is 4. The van der Waals surface area contributed by atoms with Gasteiger partial charge in [-0.1, -0.05) is 42.8 Å². The van der Waals surface area contributed by atoms with Gasteiger partial charge in [-0.05, 0) is 24.6 Å². The molecule has 188 valence electrons. The summed E-state index contributed by atoms with van der Waals surface area (Å²) in [6.07, 6.45) is 2.65. The van der Waals surface area contributed by atoms with Crippen molar-refractivity contribution in [2.45, 2.75) is 43.0 Å². The highest BCUT2D eigenvalue weighted by Crippen LogP contribution is 2.31. The van der Waals surface area contributed by atoms with E-state index in [4.69, 9.17) is 21.1 Å². The van der Waals surface area contributed by atoms with Crippen molar-refractivity contribution in [1.82, 2.24) is 19.9 Å². The molecule has 1 aromatic carbocycles. The van der Waals surface area contributed by atoms with Gasteiger partial charge in [0.2, 0.25) is 0 Å². The lowest BCUT2D eigenvalue weighted by molar-refractivity contribution is -0.118. The van der Waals surface area contributed by atoms with E-state index in [9.17, 15) is 13.5 Å². The third-order valence-corrected chi connectivity index (χ3v) is 7.52. The fraction of sp³-hybridized carbons (Fsp3) is 0.320. The first-order valence-corrected chi connectivity index (χ1v) is 13.8. The van der Waals surface area contributed by atoms with Crippen LogP contribution in [-0.2, 0) is 14.6 Å². The van der Waals surface area contributed by atoms with Gasteiger partial charge in [0.15, 0.2) is 15.5 Å². The number of sulfone groups is 1. The first kappa shape index (κ1) is 24.6. The van der Waals surface area contributed by atoms with Crippen LogP contribution in [0.1, 0.15) is 19.8 Å². The van der Waals surface area contributed by atoms with E-state index in [0.29, 0.717) is 46.6 Å². The first-order valence-electron chi connectivity index (χ1n) is 11.5. The Kier molecular flexibility index (Phi) is 6.69. The van der Waals surface area contributed by atoms with Gasteiger partial charge in [0.05, 0.1) is 45.6 Å². The fourth-order valence-corrected chi connectivity index (χ4v) is 5.00. The number of fused-ring (bicyclic) bond motifs is 1. The maximum atomic E-state index is 11.7. The zero-order valence-electron chi connectivity index (χ0n) is 19.7. The van der Waals surface area contributed by atoms with E-state index in [1.807, 2.05) is 31.2 Å². The summed E-state index contributed by atoms with van der Waals surface area (Å²) >= 11 is 6.53. The molecule has 36 heavy (non-hydrogen) atoms. The standard InChI is InChI=1S/C25H25ClN4O5S/c1-3-22-21(31)10-16(13-34-22)35-25-28-20-11-18(26)23(29-24(20)30-25)15-6-4-14(5-7-15)19-9-8-17(12-27-19)36(2,32)33/h4-9,11-12,16,21-22,31H,3,10,13H2,1-2H3,(H,28,29,30)/t16-,21+,22-/m1/s1. The lowest BCUT2D eigenvalue weighted by Crippen LogP contribution is -2.43. The molecule has 1 aliphatic rings. The molecule has 0 unspecified atom stereocenters. The molecule has 0 radical (unpaired) electrons. The smallest absolute Gasteiger partial charge is 0.296 e. The van der Waals surface area contributed by atoms with Gasteiger partial charge in [-0.3, -0.25) is 4.98 Å². The molecule has 3 aromatic heterocycles. The minimum absolute atomic E-state index is 0.169. The van der Waals surface area contributed by atoms with Crippen molar-refractivity contribution in [1.29, 1.82) is 0 Å². The number of rotatable bonds is 6. The van der Waals surface area contributed by atoms with Crippen LogP contribution in [-0.4, -0.2) is 64.6 Å². The van der Waals surface area contributed by atoms with Crippen LogP contribution in [0.15, 0.2) is 53.6 Å². The third-order valence-electron chi connectivity index (χ3n) is 6.13. The molecular formula is C25H25ClN4O5S. The summed E-state index contributed by atoms with van der Waals surface area (Å²) in [5.74, 6) is 0. The minimum atomic E-state index is -3.30. The van der Waals surface area contributed by atoms with E-state index >= 15 is 0 Å². The Hall–Kier alpha value is -3.05. The second-order valence-corrected chi connectivity index (χ2v) is 11.2. The number of aliphatic hydroxyl groups excluding tert-OH is 1. The molecule has 0 aliphatic carbocycles. The van der Waals surface area contributed by atoms with Crippen LogP contribution in [0, 0.1) is 0 Å². The normalized spacial score (nSPS) is 20.5. The van der Waals surface area contributed by atoms with Crippen molar-refractivity contribution >= 4 is 32.6 Å². The number of pyridine rings is 2. The quantitative estimate of drug-likeness (QED) is 0.383. The lowest BCUT2D eigenvalue weighted by atomic mass is 10.0. The summed E-state index contributed by atoms with van der Waals surface area (Å²) in [5.41, 5.74) is 3.92. The van der Waals surface area contributed by atoms with Gasteiger partial charge in [0.25, 0.3) is 6.01 Å². The zero-order valence-corrected chi connectivity index (χ0v) is 21.3. The number of aromatic amines is 1. The van der Waals surface area contributed by atoms with E-state index in [1.165, 1.54) is 12.3 Å². The average Bonchev–Trinajstić information content (AvgIpc) is 3.24. The van der Waals surface area contributed by atoms with Crippen molar-refractivity contribution in [3.05, 3.63) is 53.7 Å². The number of nitrogens with zero attached hydrogens (tertiary/aromatic N) is 3. The van der Waals surface area contributed by atoms with Gasteiger partial charge in [-0.2, -0.15) is 4.98 Å². The van der Waals surface area contributed by atoms with Crippen LogP contribution >= 0.6 is 11.6 Å². The Morgan fingerprint density at radius 3 is 2.56 bits per heavy atom. The number of benzene rings is 1. The van der Waals surface area contributed by atoms with Crippen molar-refractivity contribution < 1.29 is 23.0 Å². The second-order valence-electron chi connectivity index (χ2n) is 8.78. The number of hydrogen-bond donors (Lipinski definition) is 2. The fourth-order valence-electron chi connectivity index (χ4n) is 4.18. The van der Waals surface area contributed by atoms with E-state index in [1.54, 1.807) is 12.1 Å². The first-order chi connectivity index (χ1) is 17.2. The summed E-state index contributed by atoms with van der Waals surface area (Å²) in [5, 5.41) is 10.6. The maximum absolute atomic E-state index is 11.7. The Morgan fingerprint density at radius 1 is 1.17 bits per heavy atom. The summed E-state index contributed by atoms with van der Waals surface area (Å²) in [6, 6.07) is 12.7. The van der Waals surface area contributed by atoms with E-state index in [0.717, 1.165) is 23.8 Å². The topological polar surface area (TPSA) is 127 Å². The van der Waals surface area contributed by atoms with Gasteiger partial charge in [0.1, 0.15) is 6.10 Å². The van der Waals surface area contributed by atoms with Crippen LogP contribution in [0.3, 0.4) is 0 Å². The summed E-state index contributed by atoms with van der Waals surface area (Å²) in [7, 11) is -3.30. The van der Waals surface area contributed by atoms with E-state index in [2.05, 4.69) is 19.9 Å². The molecule has 1 saturated heterocycles. The second kappa shape index (κ2) is 9.78. The SMILES string of the molecule is CC[C@H]1OC[C@H](Oc2nc3nc(-c4ccc(-c5ccc(S(C)(=O)=O)cn5)cc4)c(Cl)cc3[nH]2)C[C@@H]1O. The van der Waals surface area contributed by atoms with Crippen LogP contribution < -0.4 is 4.74 Å². The highest BCUT2D eigenvalue weighted by atomic mass is 35.5. The molecule has 0 amide bonds. The Labute approximate surface area is 213 Å². The van der Waals surface area contributed by atoms with Crippen LogP contribution in [0.25, 0.3) is 33.7 Å². The highest BCUT2D eigenvalue weighted by molar-refractivity contribution is 7.90. The molecule has 11 heteroatoms. The van der Waals surface area contributed by atoms with Crippen molar-refractivity contribution in [3.63, 3.8) is 0 Å². The molecule has 9 nitrogen and oxygen atoms in total. The largest absolute Gasteiger partial charge is 0.459 e. The molecule has 2 N–H and O–H groups in total. The number of hydrogen-bond acceptors (Lipinski definition) is 8. The predicted octanol–water partition coefficient (Wildman–Crippen LogP) is 4.05. The Morgan fingerprint density at radius 2 is 1.92 bits per heavy atom. The summed E-state index contributed by atoms with van der Waals surface area (Å²) < 4.78 is 34.9. The molecule has 4 heterocycles. The van der Waals surface area contributed by atoms with E-state index in [-0.39, 0.29) is 17.1 Å². The molecule has 5 rings (SSSR count). The van der Waals surface area contributed by atoms with Gasteiger partial charge in [0, 0.05) is 30.0 Å². The van der Waals surface area contributed by atoms with Crippen LogP contribution in [0.4, 0.5) is 0 Å². The molecule has 0 saturated carbocycles. The van der Waals surface area contributed by atoms with Crippen molar-refractivity contribution in [2.24, 2.45) is 0 Å². The van der Waals surface area contributed by atoms with Gasteiger partial charge in [-0.25, -0.2) is 13.4 Å². The molecule has 0 bridgehead atoms. The number of H-pyrrole nitrogens is 1. The summed E-state index contributed by atoms with van der Waals surface area (Å²) in [4.78, 5) is 16.6. The van der Waals surface area contributed by atoms with Crippen molar-refractivity contribution in [2.75, 3.05) is 12.9 Å². The molecule has 1 aliphatic heterocycles. The van der Waals surface area contributed by atoms with E-state index < -0.39 is 15.9 Å². The molecule has 0 spiro atoms. The highest BCUT2D eigenvalue weighted by Gasteiger charge is 2.30. The molecule has 4 aromatic rings. The van der Waals surface area contributed by atoms with Gasteiger partial charge >= 0.3 is 0 Å². The zero-order chi connectivity index (χ0) is 25.4. The predicted molar refractivity (Wildman–Crippen MR) is 136 cm³/mol. The van der Waals surface area contributed by atoms with Gasteiger partial charge < -0.3 is 19.6 Å². The average molecular weight is 529 g/mol. The number of imidazole rings is 1. The Balaban J connectivity index is 1.35. The number of aliphatic hydroxyl groups is 1. The third kappa shape index (κ3) is 5.08. The van der Waals surface area contributed by atoms with Crippen LogP contribution in [0.2, 0.25) is 5.02 Å². The molecule has 1 fully saturated rings. The Bertz CT molecular complexity index is 1490. The molecular weight excluding hydrogens is 504 g/mol. The maximum Gasteiger partial charge on any atom is 0.296 e. The number of ether oxygens (including phenoxy) is 2.